The van der Waals surface area contributed by atoms with Crippen molar-refractivity contribution in [3.8, 4) is 0 Å². The van der Waals surface area contributed by atoms with Gasteiger partial charge in [-0.25, -0.2) is 9.97 Å². The van der Waals surface area contributed by atoms with Crippen LogP contribution in [0.1, 0.15) is 49.9 Å². The summed E-state index contributed by atoms with van der Waals surface area (Å²) >= 11 is 0. The molecule has 2 saturated heterocycles. The SMILES string of the molecule is CNc1ncc(C(=O)NC[C@@H]2CCC3(CCN(CC=C(C)C)CC3)O2)cn1. The number of carbonyl (C=O) groups is 1. The number of likely N-dealkylation sites (tertiary alicyclic amines) is 1. The van der Waals surface area contributed by atoms with Gasteiger partial charge in [0.1, 0.15) is 0 Å². The first-order valence-corrected chi connectivity index (χ1v) is 9.81. The van der Waals surface area contributed by atoms with Gasteiger partial charge in [-0.1, -0.05) is 11.6 Å². The first-order chi connectivity index (χ1) is 13.0. The average molecular weight is 374 g/mol. The molecule has 1 aromatic heterocycles. The smallest absolute Gasteiger partial charge is 0.254 e. The van der Waals surface area contributed by atoms with E-state index in [1.54, 1.807) is 7.05 Å². The van der Waals surface area contributed by atoms with Crippen LogP contribution in [0.15, 0.2) is 24.0 Å². The Bertz CT molecular complexity index is 661. The number of piperidine rings is 1. The largest absolute Gasteiger partial charge is 0.370 e. The minimum absolute atomic E-state index is 0.00836. The van der Waals surface area contributed by atoms with E-state index in [4.69, 9.17) is 4.74 Å². The van der Waals surface area contributed by atoms with Crippen molar-refractivity contribution in [3.63, 3.8) is 0 Å². The lowest BCUT2D eigenvalue weighted by molar-refractivity contribution is -0.0741. The molecule has 0 bridgehead atoms. The summed E-state index contributed by atoms with van der Waals surface area (Å²) in [6.45, 7) is 8.02. The van der Waals surface area contributed by atoms with Crippen molar-refractivity contribution in [1.29, 1.82) is 0 Å². The second kappa shape index (κ2) is 8.80. The van der Waals surface area contributed by atoms with Crippen LogP contribution in [0.2, 0.25) is 0 Å². The number of nitrogens with one attached hydrogen (secondary N) is 2. The monoisotopic (exact) mass is 373 g/mol. The molecule has 0 aromatic carbocycles. The van der Waals surface area contributed by atoms with Crippen LogP contribution in [-0.2, 0) is 4.74 Å². The van der Waals surface area contributed by atoms with Crippen LogP contribution in [0.5, 0.6) is 0 Å². The third-order valence-electron chi connectivity index (χ3n) is 5.49. The molecule has 0 unspecified atom stereocenters. The van der Waals surface area contributed by atoms with E-state index in [2.05, 4.69) is 45.4 Å². The topological polar surface area (TPSA) is 79.4 Å². The number of hydrogen-bond donors (Lipinski definition) is 2. The Morgan fingerprint density at radius 2 is 2.00 bits per heavy atom. The van der Waals surface area contributed by atoms with Gasteiger partial charge in [-0.3, -0.25) is 9.69 Å². The second-order valence-electron chi connectivity index (χ2n) is 7.80. The summed E-state index contributed by atoms with van der Waals surface area (Å²) in [5.41, 5.74) is 1.84. The molecule has 7 heteroatoms. The van der Waals surface area contributed by atoms with Crippen LogP contribution < -0.4 is 10.6 Å². The van der Waals surface area contributed by atoms with Gasteiger partial charge in [-0.05, 0) is 39.5 Å². The lowest BCUT2D eigenvalue weighted by atomic mass is 9.88. The molecule has 2 fully saturated rings. The molecule has 27 heavy (non-hydrogen) atoms. The van der Waals surface area contributed by atoms with Gasteiger partial charge in [0.15, 0.2) is 0 Å². The Kier molecular flexibility index (Phi) is 6.44. The molecule has 1 atom stereocenters. The highest BCUT2D eigenvalue weighted by molar-refractivity contribution is 5.93. The predicted molar refractivity (Wildman–Crippen MR) is 106 cm³/mol. The highest BCUT2D eigenvalue weighted by Gasteiger charge is 2.42. The van der Waals surface area contributed by atoms with Gasteiger partial charge in [-0.15, -0.1) is 0 Å². The van der Waals surface area contributed by atoms with Crippen molar-refractivity contribution in [2.24, 2.45) is 0 Å². The highest BCUT2D eigenvalue weighted by atomic mass is 16.5. The predicted octanol–water partition coefficient (Wildman–Crippen LogP) is 2.23. The lowest BCUT2D eigenvalue weighted by Crippen LogP contribution is -2.45. The van der Waals surface area contributed by atoms with Crippen LogP contribution in [0.25, 0.3) is 0 Å². The molecule has 7 nitrogen and oxygen atoms in total. The fourth-order valence-corrected chi connectivity index (χ4v) is 3.74. The van der Waals surface area contributed by atoms with E-state index in [-0.39, 0.29) is 17.6 Å². The summed E-state index contributed by atoms with van der Waals surface area (Å²) in [7, 11) is 1.74. The fourth-order valence-electron chi connectivity index (χ4n) is 3.74. The molecule has 1 aromatic rings. The first kappa shape index (κ1) is 19.8. The molecule has 0 saturated carbocycles. The molecule has 3 heterocycles. The maximum atomic E-state index is 12.3. The maximum absolute atomic E-state index is 12.3. The van der Waals surface area contributed by atoms with Gasteiger partial charge in [0, 0.05) is 45.6 Å². The molecular weight excluding hydrogens is 342 g/mol. The second-order valence-corrected chi connectivity index (χ2v) is 7.80. The molecule has 3 rings (SSSR count). The van der Waals surface area contributed by atoms with Crippen LogP contribution >= 0.6 is 0 Å². The fraction of sp³-hybridized carbons (Fsp3) is 0.650. The number of nitrogens with zero attached hydrogens (tertiary/aromatic N) is 3. The van der Waals surface area contributed by atoms with Crippen molar-refractivity contribution in [2.45, 2.75) is 51.2 Å². The Hall–Kier alpha value is -1.99. The number of allylic oxidation sites excluding steroid dienone is 1. The number of aromatic nitrogens is 2. The van der Waals surface area contributed by atoms with E-state index in [9.17, 15) is 4.79 Å². The quantitative estimate of drug-likeness (QED) is 0.745. The van der Waals surface area contributed by atoms with Crippen LogP contribution in [0.4, 0.5) is 5.95 Å². The van der Waals surface area contributed by atoms with E-state index in [0.717, 1.165) is 45.3 Å². The number of carbonyl (C=O) groups excluding carboxylic acids is 1. The molecular formula is C20H31N5O2. The minimum atomic E-state index is -0.154. The Labute approximate surface area is 161 Å². The van der Waals surface area contributed by atoms with Gasteiger partial charge in [0.2, 0.25) is 5.95 Å². The van der Waals surface area contributed by atoms with E-state index in [1.165, 1.54) is 18.0 Å². The van der Waals surface area contributed by atoms with E-state index >= 15 is 0 Å². The van der Waals surface area contributed by atoms with Crippen molar-refractivity contribution < 1.29 is 9.53 Å². The number of anilines is 1. The van der Waals surface area contributed by atoms with Crippen molar-refractivity contribution in [1.82, 2.24) is 20.2 Å². The van der Waals surface area contributed by atoms with E-state index in [0.29, 0.717) is 18.1 Å². The zero-order valence-electron chi connectivity index (χ0n) is 16.6. The van der Waals surface area contributed by atoms with Crippen LogP contribution in [-0.4, -0.2) is 65.7 Å². The first-order valence-electron chi connectivity index (χ1n) is 9.81. The molecule has 1 amide bonds. The summed E-state index contributed by atoms with van der Waals surface area (Å²) < 4.78 is 6.39. The Morgan fingerprint density at radius 1 is 1.30 bits per heavy atom. The van der Waals surface area contributed by atoms with Gasteiger partial charge < -0.3 is 15.4 Å². The number of hydrogen-bond acceptors (Lipinski definition) is 6. The zero-order chi connectivity index (χ0) is 19.3. The molecule has 2 aliphatic rings. The van der Waals surface area contributed by atoms with Crippen molar-refractivity contribution in [2.75, 3.05) is 38.5 Å². The zero-order valence-corrected chi connectivity index (χ0v) is 16.6. The van der Waals surface area contributed by atoms with Gasteiger partial charge in [0.25, 0.3) is 5.91 Å². The summed E-state index contributed by atoms with van der Waals surface area (Å²) in [5.74, 6) is 0.349. The highest BCUT2D eigenvalue weighted by Crippen LogP contribution is 2.38. The third kappa shape index (κ3) is 5.26. The summed E-state index contributed by atoms with van der Waals surface area (Å²) in [6.07, 6.45) is 9.70. The van der Waals surface area contributed by atoms with Gasteiger partial charge in [-0.2, -0.15) is 0 Å². The average Bonchev–Trinajstić information content (AvgIpc) is 3.08. The molecule has 148 valence electrons. The van der Waals surface area contributed by atoms with E-state index < -0.39 is 0 Å². The van der Waals surface area contributed by atoms with Crippen LogP contribution in [0.3, 0.4) is 0 Å². The molecule has 1 spiro atoms. The number of amides is 1. The molecule has 0 aliphatic carbocycles. The lowest BCUT2D eigenvalue weighted by Gasteiger charge is -2.39. The summed E-state index contributed by atoms with van der Waals surface area (Å²) in [4.78, 5) is 22.9. The van der Waals surface area contributed by atoms with Crippen LogP contribution in [0, 0.1) is 0 Å². The van der Waals surface area contributed by atoms with Gasteiger partial charge >= 0.3 is 0 Å². The van der Waals surface area contributed by atoms with Crippen molar-refractivity contribution >= 4 is 11.9 Å². The van der Waals surface area contributed by atoms with E-state index in [1.807, 2.05) is 0 Å². The summed E-state index contributed by atoms with van der Waals surface area (Å²) in [6, 6.07) is 0. The third-order valence-corrected chi connectivity index (χ3v) is 5.49. The van der Waals surface area contributed by atoms with Crippen molar-refractivity contribution in [3.05, 3.63) is 29.6 Å². The standard InChI is InChI=1S/C20H31N5O2/c1-15(2)5-9-25-10-7-20(8-11-25)6-4-17(27-20)14-22-18(26)16-12-23-19(21-3)24-13-16/h5,12-13,17H,4,6-11,14H2,1-3H3,(H,22,26)(H,21,23,24)/t17-/m0/s1. The minimum Gasteiger partial charge on any atom is -0.370 e. The molecule has 2 N–H and O–H groups in total. The number of rotatable bonds is 6. The maximum Gasteiger partial charge on any atom is 0.254 e. The Morgan fingerprint density at radius 3 is 2.63 bits per heavy atom. The van der Waals surface area contributed by atoms with Gasteiger partial charge in [0.05, 0.1) is 17.3 Å². The summed E-state index contributed by atoms with van der Waals surface area (Å²) in [5, 5.41) is 5.80. The number of ether oxygens (including phenoxy) is 1. The molecule has 2 aliphatic heterocycles. The molecule has 0 radical (unpaired) electrons. The normalized spacial score (nSPS) is 21.8. The Balaban J connectivity index is 1.43.